The van der Waals surface area contributed by atoms with Crippen LogP contribution in [-0.4, -0.2) is 42.8 Å². The Balaban J connectivity index is 1.64. The molecule has 3 heterocycles. The van der Waals surface area contributed by atoms with Gasteiger partial charge in [-0.25, -0.2) is 4.98 Å². The maximum absolute atomic E-state index is 12.5. The Labute approximate surface area is 165 Å². The smallest absolute Gasteiger partial charge is 0.271 e. The third-order valence-corrected chi connectivity index (χ3v) is 4.98. The lowest BCUT2D eigenvalue weighted by molar-refractivity contribution is -0.134. The molecule has 1 N–H and O–H groups in total. The molecular weight excluding hydrogens is 356 g/mol. The van der Waals surface area contributed by atoms with Crippen molar-refractivity contribution in [2.45, 2.75) is 59.7 Å². The molecule has 0 saturated carbocycles. The second-order valence-electron chi connectivity index (χ2n) is 7.71. The predicted octanol–water partition coefficient (Wildman–Crippen LogP) is 2.25. The van der Waals surface area contributed by atoms with E-state index in [0.717, 1.165) is 17.9 Å². The van der Waals surface area contributed by atoms with Gasteiger partial charge in [-0.1, -0.05) is 13.8 Å². The van der Waals surface area contributed by atoms with E-state index in [0.29, 0.717) is 43.4 Å². The molecule has 0 spiro atoms. The van der Waals surface area contributed by atoms with Crippen molar-refractivity contribution in [2.75, 3.05) is 6.54 Å². The molecule has 3 rings (SSSR count). The molecule has 1 atom stereocenters. The zero-order valence-corrected chi connectivity index (χ0v) is 17.0. The van der Waals surface area contributed by atoms with Gasteiger partial charge in [0.2, 0.25) is 5.91 Å². The summed E-state index contributed by atoms with van der Waals surface area (Å²) in [5.41, 5.74) is 1.88. The minimum Gasteiger partial charge on any atom is -0.345 e. The van der Waals surface area contributed by atoms with Crippen LogP contribution >= 0.6 is 0 Å². The SMILES string of the molecule is Cc1cnc(CNC(=O)c2cn3c(n2)[C@H](C)N(C(=O)CCC(C)C)CC3)cn1. The first-order chi connectivity index (χ1) is 13.3. The van der Waals surface area contributed by atoms with Gasteiger partial charge in [-0.3, -0.25) is 19.6 Å². The van der Waals surface area contributed by atoms with E-state index in [1.807, 2.05) is 23.3 Å². The molecule has 0 unspecified atom stereocenters. The summed E-state index contributed by atoms with van der Waals surface area (Å²) < 4.78 is 1.97. The van der Waals surface area contributed by atoms with Gasteiger partial charge in [0.25, 0.3) is 5.91 Å². The van der Waals surface area contributed by atoms with Crippen molar-refractivity contribution in [3.05, 3.63) is 41.5 Å². The summed E-state index contributed by atoms with van der Waals surface area (Å²) in [6.45, 7) is 9.65. The standard InChI is InChI=1S/C20H28N6O2/c1-13(2)5-6-18(27)26-8-7-25-12-17(24-19(25)15(26)4)20(28)23-11-16-10-21-14(3)9-22-16/h9-10,12-13,15H,5-8,11H2,1-4H3,(H,23,28)/t15-/m0/s1. The Hall–Kier alpha value is -2.77. The molecule has 8 nitrogen and oxygen atoms in total. The van der Waals surface area contributed by atoms with Crippen LogP contribution in [0.15, 0.2) is 18.6 Å². The lowest BCUT2D eigenvalue weighted by Gasteiger charge is -2.34. The number of hydrogen-bond donors (Lipinski definition) is 1. The topological polar surface area (TPSA) is 93.0 Å². The fraction of sp³-hybridized carbons (Fsp3) is 0.550. The van der Waals surface area contributed by atoms with Crippen LogP contribution in [0, 0.1) is 12.8 Å². The van der Waals surface area contributed by atoms with Crippen molar-refractivity contribution in [1.29, 1.82) is 0 Å². The molecule has 2 aromatic rings. The first kappa shape index (κ1) is 20.0. The van der Waals surface area contributed by atoms with Crippen LogP contribution in [0.3, 0.4) is 0 Å². The fourth-order valence-electron chi connectivity index (χ4n) is 3.27. The molecular formula is C20H28N6O2. The molecule has 1 aliphatic heterocycles. The summed E-state index contributed by atoms with van der Waals surface area (Å²) >= 11 is 0. The average molecular weight is 384 g/mol. The van der Waals surface area contributed by atoms with Crippen LogP contribution in [0.1, 0.15) is 67.4 Å². The van der Waals surface area contributed by atoms with Crippen LogP contribution in [0.25, 0.3) is 0 Å². The molecule has 0 fully saturated rings. The van der Waals surface area contributed by atoms with Crippen LogP contribution in [-0.2, 0) is 17.9 Å². The Bertz CT molecular complexity index is 843. The number of fused-ring (bicyclic) bond motifs is 1. The second-order valence-corrected chi connectivity index (χ2v) is 7.71. The van der Waals surface area contributed by atoms with E-state index in [9.17, 15) is 9.59 Å². The van der Waals surface area contributed by atoms with Crippen molar-refractivity contribution in [3.63, 3.8) is 0 Å². The van der Waals surface area contributed by atoms with Gasteiger partial charge in [0.05, 0.1) is 30.2 Å². The van der Waals surface area contributed by atoms with Gasteiger partial charge in [0.1, 0.15) is 11.5 Å². The summed E-state index contributed by atoms with van der Waals surface area (Å²) in [4.78, 5) is 39.8. The van der Waals surface area contributed by atoms with Crippen molar-refractivity contribution in [3.8, 4) is 0 Å². The lowest BCUT2D eigenvalue weighted by Crippen LogP contribution is -2.41. The summed E-state index contributed by atoms with van der Waals surface area (Å²) in [6, 6.07) is -0.141. The number of aryl methyl sites for hydroxylation is 1. The largest absolute Gasteiger partial charge is 0.345 e. The molecule has 2 aromatic heterocycles. The predicted molar refractivity (Wildman–Crippen MR) is 104 cm³/mol. The van der Waals surface area contributed by atoms with E-state index >= 15 is 0 Å². The van der Waals surface area contributed by atoms with Gasteiger partial charge in [-0.05, 0) is 26.2 Å². The van der Waals surface area contributed by atoms with E-state index in [1.165, 1.54) is 0 Å². The van der Waals surface area contributed by atoms with Crippen LogP contribution in [0.4, 0.5) is 0 Å². The summed E-state index contributed by atoms with van der Waals surface area (Å²) in [6.07, 6.45) is 6.51. The monoisotopic (exact) mass is 384 g/mol. The summed E-state index contributed by atoms with van der Waals surface area (Å²) in [5, 5.41) is 2.83. The Morgan fingerprint density at radius 3 is 2.71 bits per heavy atom. The Morgan fingerprint density at radius 2 is 2.04 bits per heavy atom. The van der Waals surface area contributed by atoms with Gasteiger partial charge in [-0.15, -0.1) is 0 Å². The highest BCUT2D eigenvalue weighted by molar-refractivity contribution is 5.92. The van der Waals surface area contributed by atoms with E-state index in [2.05, 4.69) is 34.1 Å². The minimum absolute atomic E-state index is 0.141. The maximum atomic E-state index is 12.5. The fourth-order valence-corrected chi connectivity index (χ4v) is 3.27. The van der Waals surface area contributed by atoms with Gasteiger partial charge < -0.3 is 14.8 Å². The molecule has 0 aliphatic carbocycles. The first-order valence-corrected chi connectivity index (χ1v) is 9.77. The number of carbonyl (C=O) groups excluding carboxylic acids is 2. The quantitative estimate of drug-likeness (QED) is 0.824. The van der Waals surface area contributed by atoms with E-state index < -0.39 is 0 Å². The molecule has 0 radical (unpaired) electrons. The highest BCUT2D eigenvalue weighted by Gasteiger charge is 2.30. The average Bonchev–Trinajstić information content (AvgIpc) is 3.11. The third-order valence-electron chi connectivity index (χ3n) is 4.98. The molecule has 2 amide bonds. The number of aromatic nitrogens is 4. The molecule has 28 heavy (non-hydrogen) atoms. The van der Waals surface area contributed by atoms with Crippen molar-refractivity contribution >= 4 is 11.8 Å². The number of nitrogens with one attached hydrogen (secondary N) is 1. The molecule has 1 aliphatic rings. The normalized spacial score (nSPS) is 16.2. The van der Waals surface area contributed by atoms with Crippen LogP contribution < -0.4 is 5.32 Å². The van der Waals surface area contributed by atoms with E-state index in [-0.39, 0.29) is 17.9 Å². The number of rotatable bonds is 6. The highest BCUT2D eigenvalue weighted by atomic mass is 16.2. The van der Waals surface area contributed by atoms with Crippen molar-refractivity contribution in [1.82, 2.24) is 29.7 Å². The summed E-state index contributed by atoms with van der Waals surface area (Å²) in [7, 11) is 0. The number of carbonyl (C=O) groups is 2. The zero-order chi connectivity index (χ0) is 20.3. The molecule has 0 saturated heterocycles. The first-order valence-electron chi connectivity index (χ1n) is 9.77. The van der Waals surface area contributed by atoms with Gasteiger partial charge in [0.15, 0.2) is 0 Å². The lowest BCUT2D eigenvalue weighted by atomic mass is 10.1. The molecule has 0 aromatic carbocycles. The molecule has 150 valence electrons. The van der Waals surface area contributed by atoms with Crippen molar-refractivity contribution in [2.24, 2.45) is 5.92 Å². The third kappa shape index (κ3) is 4.55. The van der Waals surface area contributed by atoms with Crippen LogP contribution in [0.2, 0.25) is 0 Å². The molecule has 0 bridgehead atoms. The van der Waals surface area contributed by atoms with Crippen molar-refractivity contribution < 1.29 is 9.59 Å². The van der Waals surface area contributed by atoms with Gasteiger partial charge in [-0.2, -0.15) is 0 Å². The minimum atomic E-state index is -0.255. The Morgan fingerprint density at radius 1 is 1.25 bits per heavy atom. The van der Waals surface area contributed by atoms with Crippen LogP contribution in [0.5, 0.6) is 0 Å². The second kappa shape index (κ2) is 8.50. The van der Waals surface area contributed by atoms with Gasteiger partial charge in [0, 0.05) is 31.9 Å². The summed E-state index contributed by atoms with van der Waals surface area (Å²) in [5.74, 6) is 1.15. The Kier molecular flexibility index (Phi) is 6.06. The molecule has 8 heteroatoms. The number of amides is 2. The maximum Gasteiger partial charge on any atom is 0.271 e. The zero-order valence-electron chi connectivity index (χ0n) is 17.0. The number of hydrogen-bond acceptors (Lipinski definition) is 5. The van der Waals surface area contributed by atoms with Gasteiger partial charge >= 0.3 is 0 Å². The van der Waals surface area contributed by atoms with E-state index in [4.69, 9.17) is 0 Å². The number of nitrogens with zero attached hydrogens (tertiary/aromatic N) is 5. The number of imidazole rings is 1. The highest BCUT2D eigenvalue weighted by Crippen LogP contribution is 2.26. The van der Waals surface area contributed by atoms with E-state index in [1.54, 1.807) is 18.6 Å².